The van der Waals surface area contributed by atoms with Crippen LogP contribution < -0.4 is 0 Å². The number of benzene rings is 1. The van der Waals surface area contributed by atoms with Crippen LogP contribution in [0, 0.1) is 16.0 Å². The molecule has 0 radical (unpaired) electrons. The Balaban J connectivity index is 2.28. The Hall–Kier alpha value is -2.44. The van der Waals surface area contributed by atoms with Gasteiger partial charge in [-0.1, -0.05) is 19.9 Å². The summed E-state index contributed by atoms with van der Waals surface area (Å²) in [5.74, 6) is -1.98. The summed E-state index contributed by atoms with van der Waals surface area (Å²) in [7, 11) is 0. The summed E-state index contributed by atoms with van der Waals surface area (Å²) in [5.41, 5.74) is 0.738. The van der Waals surface area contributed by atoms with Crippen LogP contribution in [-0.4, -0.2) is 39.4 Å². The van der Waals surface area contributed by atoms with E-state index in [0.29, 0.717) is 12.0 Å². The summed E-state index contributed by atoms with van der Waals surface area (Å²) in [6.45, 7) is 3.48. The highest BCUT2D eigenvalue weighted by molar-refractivity contribution is 5.95. The monoisotopic (exact) mass is 320 g/mol. The van der Waals surface area contributed by atoms with Gasteiger partial charge in [0.15, 0.2) is 0 Å². The van der Waals surface area contributed by atoms with Crippen LogP contribution in [0.2, 0.25) is 0 Å². The summed E-state index contributed by atoms with van der Waals surface area (Å²) in [6.07, 6.45) is 2.19. The fraction of sp³-hybridized carbons (Fsp3) is 0.500. The van der Waals surface area contributed by atoms with Crippen molar-refractivity contribution in [2.75, 3.05) is 6.54 Å². The summed E-state index contributed by atoms with van der Waals surface area (Å²) in [5, 5.41) is 20.2. The van der Waals surface area contributed by atoms with Crippen molar-refractivity contribution in [3.05, 3.63) is 39.4 Å². The Morgan fingerprint density at radius 2 is 2.09 bits per heavy atom. The second kappa shape index (κ2) is 6.76. The quantitative estimate of drug-likeness (QED) is 0.614. The molecule has 1 aromatic rings. The molecule has 1 aliphatic rings. The standard InChI is InChI=1S/C16H20N2O5/c1-3-11-4-5-12(8-14(11)18(22)23)15(19)17(13-6-7-13)9-10(2)16(20)21/h4-5,8,10,13H,3,6-7,9H2,1-2H3,(H,20,21). The lowest BCUT2D eigenvalue weighted by Gasteiger charge is -2.24. The van der Waals surface area contributed by atoms with Crippen LogP contribution in [0.1, 0.15) is 42.6 Å². The molecule has 0 saturated heterocycles. The molecule has 1 atom stereocenters. The molecule has 1 N–H and O–H groups in total. The first-order valence-electron chi connectivity index (χ1n) is 7.66. The first-order valence-corrected chi connectivity index (χ1v) is 7.66. The zero-order valence-electron chi connectivity index (χ0n) is 13.2. The Labute approximate surface area is 134 Å². The third-order valence-electron chi connectivity index (χ3n) is 4.05. The van der Waals surface area contributed by atoms with E-state index < -0.39 is 16.8 Å². The summed E-state index contributed by atoms with van der Waals surface area (Å²) in [4.78, 5) is 35.9. The van der Waals surface area contributed by atoms with Crippen LogP contribution >= 0.6 is 0 Å². The summed E-state index contributed by atoms with van der Waals surface area (Å²) >= 11 is 0. The molecule has 23 heavy (non-hydrogen) atoms. The fourth-order valence-corrected chi connectivity index (χ4v) is 2.49. The van der Waals surface area contributed by atoms with Crippen molar-refractivity contribution in [1.29, 1.82) is 0 Å². The van der Waals surface area contributed by atoms with E-state index in [-0.39, 0.29) is 29.7 Å². The van der Waals surface area contributed by atoms with Gasteiger partial charge in [-0.05, 0) is 25.3 Å². The first kappa shape index (κ1) is 16.9. The number of rotatable bonds is 7. The van der Waals surface area contributed by atoms with Gasteiger partial charge in [-0.2, -0.15) is 0 Å². The number of carbonyl (C=O) groups excluding carboxylic acids is 1. The zero-order chi connectivity index (χ0) is 17.1. The molecule has 0 bridgehead atoms. The number of aryl methyl sites for hydroxylation is 1. The normalized spacial score (nSPS) is 15.0. The van der Waals surface area contributed by atoms with Crippen LogP contribution in [-0.2, 0) is 11.2 Å². The average molecular weight is 320 g/mol. The van der Waals surface area contributed by atoms with Crippen molar-refractivity contribution in [1.82, 2.24) is 4.90 Å². The predicted molar refractivity (Wildman–Crippen MR) is 83.3 cm³/mol. The van der Waals surface area contributed by atoms with Gasteiger partial charge in [-0.25, -0.2) is 0 Å². The molecular weight excluding hydrogens is 300 g/mol. The van der Waals surface area contributed by atoms with E-state index in [9.17, 15) is 19.7 Å². The van der Waals surface area contributed by atoms with Crippen LogP contribution in [0.5, 0.6) is 0 Å². The lowest BCUT2D eigenvalue weighted by Crippen LogP contribution is -2.38. The molecule has 0 aliphatic heterocycles. The van der Waals surface area contributed by atoms with Gasteiger partial charge in [-0.15, -0.1) is 0 Å². The molecular formula is C16H20N2O5. The SMILES string of the molecule is CCc1ccc(C(=O)N(CC(C)C(=O)O)C2CC2)cc1[N+](=O)[O-]. The van der Waals surface area contributed by atoms with Gasteiger partial charge in [-0.3, -0.25) is 19.7 Å². The maximum atomic E-state index is 12.7. The number of hydrogen-bond acceptors (Lipinski definition) is 4. The van der Waals surface area contributed by atoms with E-state index >= 15 is 0 Å². The number of aliphatic carboxylic acids is 1. The molecule has 1 amide bonds. The number of amides is 1. The van der Waals surface area contributed by atoms with Crippen LogP contribution in [0.3, 0.4) is 0 Å². The van der Waals surface area contributed by atoms with E-state index in [2.05, 4.69) is 0 Å². The van der Waals surface area contributed by atoms with Gasteiger partial charge in [0.1, 0.15) is 0 Å². The Morgan fingerprint density at radius 1 is 1.43 bits per heavy atom. The topological polar surface area (TPSA) is 101 Å². The molecule has 1 aromatic carbocycles. The van der Waals surface area contributed by atoms with Crippen molar-refractivity contribution in [2.24, 2.45) is 5.92 Å². The lowest BCUT2D eigenvalue weighted by molar-refractivity contribution is -0.385. The smallest absolute Gasteiger partial charge is 0.308 e. The van der Waals surface area contributed by atoms with E-state index in [1.54, 1.807) is 19.1 Å². The van der Waals surface area contributed by atoms with E-state index in [0.717, 1.165) is 12.8 Å². The molecule has 0 heterocycles. The van der Waals surface area contributed by atoms with Crippen molar-refractivity contribution in [3.8, 4) is 0 Å². The Morgan fingerprint density at radius 3 is 2.57 bits per heavy atom. The van der Waals surface area contributed by atoms with Gasteiger partial charge in [0.05, 0.1) is 10.8 Å². The lowest BCUT2D eigenvalue weighted by atomic mass is 10.1. The molecule has 7 heteroatoms. The molecule has 7 nitrogen and oxygen atoms in total. The van der Waals surface area contributed by atoms with E-state index in [4.69, 9.17) is 5.11 Å². The number of carbonyl (C=O) groups is 2. The Kier molecular flexibility index (Phi) is 4.98. The van der Waals surface area contributed by atoms with Crippen molar-refractivity contribution < 1.29 is 19.6 Å². The largest absolute Gasteiger partial charge is 0.481 e. The molecule has 1 saturated carbocycles. The van der Waals surface area contributed by atoms with E-state index in [1.807, 2.05) is 6.92 Å². The first-order chi connectivity index (χ1) is 10.8. The third kappa shape index (κ3) is 3.85. The average Bonchev–Trinajstić information content (AvgIpc) is 3.35. The fourth-order valence-electron chi connectivity index (χ4n) is 2.49. The number of carboxylic acid groups (broad SMARTS) is 1. The van der Waals surface area contributed by atoms with Gasteiger partial charge in [0.25, 0.3) is 11.6 Å². The van der Waals surface area contributed by atoms with Crippen molar-refractivity contribution >= 4 is 17.6 Å². The highest BCUT2D eigenvalue weighted by atomic mass is 16.6. The molecule has 1 unspecified atom stereocenters. The maximum Gasteiger partial charge on any atom is 0.308 e. The van der Waals surface area contributed by atoms with Crippen LogP contribution in [0.4, 0.5) is 5.69 Å². The van der Waals surface area contributed by atoms with E-state index in [1.165, 1.54) is 11.0 Å². The molecule has 1 fully saturated rings. The maximum absolute atomic E-state index is 12.7. The second-order valence-electron chi connectivity index (χ2n) is 5.88. The minimum Gasteiger partial charge on any atom is -0.481 e. The molecule has 0 aromatic heterocycles. The van der Waals surface area contributed by atoms with Gasteiger partial charge < -0.3 is 10.0 Å². The molecule has 1 aliphatic carbocycles. The number of hydrogen-bond donors (Lipinski definition) is 1. The van der Waals surface area contributed by atoms with Crippen LogP contribution in [0.15, 0.2) is 18.2 Å². The minimum atomic E-state index is -0.962. The number of nitro groups is 1. The second-order valence-corrected chi connectivity index (χ2v) is 5.88. The summed E-state index contributed by atoms with van der Waals surface area (Å²) < 4.78 is 0. The number of nitrogens with zero attached hydrogens (tertiary/aromatic N) is 2. The molecule has 0 spiro atoms. The zero-order valence-corrected chi connectivity index (χ0v) is 13.2. The number of nitro benzene ring substituents is 1. The van der Waals surface area contributed by atoms with Gasteiger partial charge >= 0.3 is 5.97 Å². The van der Waals surface area contributed by atoms with Crippen LogP contribution in [0.25, 0.3) is 0 Å². The molecule has 124 valence electrons. The van der Waals surface area contributed by atoms with Crippen molar-refractivity contribution in [2.45, 2.75) is 39.2 Å². The van der Waals surface area contributed by atoms with Gasteiger partial charge in [0, 0.05) is 29.8 Å². The Bertz CT molecular complexity index is 639. The van der Waals surface area contributed by atoms with Gasteiger partial charge in [0.2, 0.25) is 0 Å². The molecule has 2 rings (SSSR count). The summed E-state index contributed by atoms with van der Waals surface area (Å²) in [6, 6.07) is 4.50. The highest BCUT2D eigenvalue weighted by Gasteiger charge is 2.35. The number of carboxylic acids is 1. The minimum absolute atomic E-state index is 0.0363. The predicted octanol–water partition coefficient (Wildman–Crippen LogP) is 2.48. The van der Waals surface area contributed by atoms with Crippen molar-refractivity contribution in [3.63, 3.8) is 0 Å². The highest BCUT2D eigenvalue weighted by Crippen LogP contribution is 2.30. The third-order valence-corrected chi connectivity index (χ3v) is 4.05.